The second-order valence-corrected chi connectivity index (χ2v) is 7.42. The summed E-state index contributed by atoms with van der Waals surface area (Å²) in [4.78, 5) is 0. The first-order valence-electron chi connectivity index (χ1n) is 6.44. The fourth-order valence-corrected chi connectivity index (χ4v) is 3.10. The fraction of sp³-hybridized carbons (Fsp3) is 0.571. The van der Waals surface area contributed by atoms with Gasteiger partial charge in [-0.25, -0.2) is 12.8 Å². The summed E-state index contributed by atoms with van der Waals surface area (Å²) in [7, 11) is -2.97. The number of sulfone groups is 1. The lowest BCUT2D eigenvalue weighted by atomic mass is 10.1. The minimum Gasteiger partial charge on any atom is -0.309 e. The van der Waals surface area contributed by atoms with Crippen molar-refractivity contribution in [2.24, 2.45) is 0 Å². The molecule has 108 valence electrons. The molecule has 0 saturated carbocycles. The highest BCUT2D eigenvalue weighted by Gasteiger charge is 2.13. The van der Waals surface area contributed by atoms with Crippen molar-refractivity contribution < 1.29 is 12.8 Å². The average Bonchev–Trinajstić information content (AvgIpc) is 2.32. The highest BCUT2D eigenvalue weighted by atomic mass is 32.2. The Morgan fingerprint density at radius 3 is 2.26 bits per heavy atom. The van der Waals surface area contributed by atoms with E-state index in [0.29, 0.717) is 17.7 Å². The maximum Gasteiger partial charge on any atom is 0.151 e. The van der Waals surface area contributed by atoms with Crippen LogP contribution in [0.2, 0.25) is 0 Å². The Bertz CT molecular complexity index is 517. The molecular formula is C14H22FNO2S. The van der Waals surface area contributed by atoms with Crippen molar-refractivity contribution in [2.75, 3.05) is 11.5 Å². The summed E-state index contributed by atoms with van der Waals surface area (Å²) >= 11 is 0. The fourth-order valence-electron chi connectivity index (χ4n) is 1.99. The quantitative estimate of drug-likeness (QED) is 0.873. The Morgan fingerprint density at radius 2 is 1.79 bits per heavy atom. The van der Waals surface area contributed by atoms with Gasteiger partial charge in [0, 0.05) is 18.3 Å². The van der Waals surface area contributed by atoms with Gasteiger partial charge in [-0.15, -0.1) is 0 Å². The Balaban J connectivity index is 2.63. The Labute approximate surface area is 115 Å². The zero-order chi connectivity index (χ0) is 14.6. The molecule has 0 spiro atoms. The van der Waals surface area contributed by atoms with Crippen LogP contribution in [0.25, 0.3) is 0 Å². The average molecular weight is 287 g/mol. The smallest absolute Gasteiger partial charge is 0.151 e. The van der Waals surface area contributed by atoms with E-state index in [0.717, 1.165) is 5.56 Å². The molecule has 1 atom stereocenters. The molecule has 0 fully saturated rings. The lowest BCUT2D eigenvalue weighted by molar-refractivity contribution is 0.556. The molecule has 1 N–H and O–H groups in total. The number of hydrogen-bond acceptors (Lipinski definition) is 3. The molecule has 0 radical (unpaired) electrons. The van der Waals surface area contributed by atoms with Crippen LogP contribution in [0, 0.1) is 19.7 Å². The molecule has 1 aromatic carbocycles. The standard InChI is InChI=1S/C14H22FNO2S/c1-5-19(17,18)9-12(4)16-8-13-6-10(2)14(15)11(3)7-13/h6-7,12,16H,5,8-9H2,1-4H3. The monoisotopic (exact) mass is 287 g/mol. The van der Waals surface area contributed by atoms with Gasteiger partial charge in [0.25, 0.3) is 0 Å². The number of rotatable bonds is 6. The zero-order valence-electron chi connectivity index (χ0n) is 12.0. The van der Waals surface area contributed by atoms with Gasteiger partial charge in [0.1, 0.15) is 5.82 Å². The first-order chi connectivity index (χ1) is 8.75. The first kappa shape index (κ1) is 16.1. The van der Waals surface area contributed by atoms with Crippen molar-refractivity contribution >= 4 is 9.84 Å². The van der Waals surface area contributed by atoms with Gasteiger partial charge in [0.05, 0.1) is 5.75 Å². The van der Waals surface area contributed by atoms with Gasteiger partial charge >= 0.3 is 0 Å². The van der Waals surface area contributed by atoms with E-state index in [4.69, 9.17) is 0 Å². The Morgan fingerprint density at radius 1 is 1.26 bits per heavy atom. The van der Waals surface area contributed by atoms with Gasteiger partial charge in [-0.3, -0.25) is 0 Å². The largest absolute Gasteiger partial charge is 0.309 e. The number of benzene rings is 1. The molecule has 0 amide bonds. The van der Waals surface area contributed by atoms with Crippen molar-refractivity contribution in [3.8, 4) is 0 Å². The van der Waals surface area contributed by atoms with Gasteiger partial charge in [-0.05, 0) is 37.5 Å². The molecule has 0 bridgehead atoms. The van der Waals surface area contributed by atoms with Crippen LogP contribution in [-0.4, -0.2) is 26.0 Å². The molecule has 0 aromatic heterocycles. The van der Waals surface area contributed by atoms with Crippen LogP contribution in [0.4, 0.5) is 4.39 Å². The summed E-state index contributed by atoms with van der Waals surface area (Å²) in [5.41, 5.74) is 2.20. The molecule has 0 aliphatic carbocycles. The lowest BCUT2D eigenvalue weighted by Crippen LogP contribution is -2.33. The van der Waals surface area contributed by atoms with E-state index in [1.54, 1.807) is 32.9 Å². The topological polar surface area (TPSA) is 46.2 Å². The van der Waals surface area contributed by atoms with Gasteiger partial charge in [-0.1, -0.05) is 19.1 Å². The third-order valence-electron chi connectivity index (χ3n) is 3.09. The van der Waals surface area contributed by atoms with E-state index >= 15 is 0 Å². The lowest BCUT2D eigenvalue weighted by Gasteiger charge is -2.14. The number of aryl methyl sites for hydroxylation is 2. The summed E-state index contributed by atoms with van der Waals surface area (Å²) in [6.45, 7) is 7.50. The van der Waals surface area contributed by atoms with Crippen LogP contribution in [0.5, 0.6) is 0 Å². The number of hydrogen-bond donors (Lipinski definition) is 1. The highest BCUT2D eigenvalue weighted by Crippen LogP contribution is 2.14. The van der Waals surface area contributed by atoms with E-state index in [1.807, 2.05) is 6.92 Å². The minimum atomic E-state index is -2.97. The van der Waals surface area contributed by atoms with Crippen LogP contribution < -0.4 is 5.32 Å². The van der Waals surface area contributed by atoms with Crippen molar-refractivity contribution in [1.82, 2.24) is 5.32 Å². The van der Waals surface area contributed by atoms with Crippen LogP contribution in [-0.2, 0) is 16.4 Å². The Kier molecular flexibility index (Phi) is 5.50. The van der Waals surface area contributed by atoms with Gasteiger partial charge in [-0.2, -0.15) is 0 Å². The van der Waals surface area contributed by atoms with E-state index in [-0.39, 0.29) is 23.4 Å². The molecule has 5 heteroatoms. The first-order valence-corrected chi connectivity index (χ1v) is 8.26. The third kappa shape index (κ3) is 4.91. The van der Waals surface area contributed by atoms with E-state index < -0.39 is 9.84 Å². The molecule has 0 aliphatic rings. The number of nitrogens with one attached hydrogen (secondary N) is 1. The second kappa shape index (κ2) is 6.48. The summed E-state index contributed by atoms with van der Waals surface area (Å²) < 4.78 is 36.4. The van der Waals surface area contributed by atoms with Crippen molar-refractivity contribution in [1.29, 1.82) is 0 Å². The predicted octanol–water partition coefficient (Wildman–Crippen LogP) is 2.36. The van der Waals surface area contributed by atoms with Crippen LogP contribution in [0.3, 0.4) is 0 Å². The molecule has 0 aliphatic heterocycles. The van der Waals surface area contributed by atoms with Crippen molar-refractivity contribution in [3.05, 3.63) is 34.6 Å². The maximum absolute atomic E-state index is 13.5. The van der Waals surface area contributed by atoms with Gasteiger partial charge in [0.2, 0.25) is 0 Å². The molecule has 0 heterocycles. The summed E-state index contributed by atoms with van der Waals surface area (Å²) in [6.07, 6.45) is 0. The molecule has 1 unspecified atom stereocenters. The number of halogens is 1. The van der Waals surface area contributed by atoms with Crippen molar-refractivity contribution in [3.63, 3.8) is 0 Å². The summed E-state index contributed by atoms with van der Waals surface area (Å²) in [5.74, 6) is 0.113. The van der Waals surface area contributed by atoms with Crippen molar-refractivity contribution in [2.45, 2.75) is 40.3 Å². The molecule has 19 heavy (non-hydrogen) atoms. The van der Waals surface area contributed by atoms with E-state index in [2.05, 4.69) is 5.32 Å². The molecular weight excluding hydrogens is 265 g/mol. The van der Waals surface area contributed by atoms with E-state index in [9.17, 15) is 12.8 Å². The van der Waals surface area contributed by atoms with E-state index in [1.165, 1.54) is 0 Å². The molecule has 3 nitrogen and oxygen atoms in total. The summed E-state index contributed by atoms with van der Waals surface area (Å²) in [6, 6.07) is 3.46. The van der Waals surface area contributed by atoms with Gasteiger partial charge < -0.3 is 5.32 Å². The highest BCUT2D eigenvalue weighted by molar-refractivity contribution is 7.91. The van der Waals surface area contributed by atoms with Gasteiger partial charge in [0.15, 0.2) is 9.84 Å². The Hall–Kier alpha value is -0.940. The van der Waals surface area contributed by atoms with Crippen LogP contribution >= 0.6 is 0 Å². The molecule has 1 rings (SSSR count). The normalized spacial score (nSPS) is 13.5. The minimum absolute atomic E-state index is 0.115. The van der Waals surface area contributed by atoms with Crippen LogP contribution in [0.1, 0.15) is 30.5 Å². The predicted molar refractivity (Wildman–Crippen MR) is 76.5 cm³/mol. The summed E-state index contributed by atoms with van der Waals surface area (Å²) in [5, 5.41) is 3.16. The second-order valence-electron chi connectivity index (χ2n) is 5.02. The molecule has 0 saturated heterocycles. The maximum atomic E-state index is 13.5. The SMILES string of the molecule is CCS(=O)(=O)CC(C)NCc1cc(C)c(F)c(C)c1. The molecule has 1 aromatic rings. The third-order valence-corrected chi connectivity index (χ3v) is 4.98. The van der Waals surface area contributed by atoms with Crippen LogP contribution in [0.15, 0.2) is 12.1 Å². The zero-order valence-corrected chi connectivity index (χ0v) is 12.8.